The predicted molar refractivity (Wildman–Crippen MR) is 247 cm³/mol. The van der Waals surface area contributed by atoms with Crippen molar-refractivity contribution in [3.05, 3.63) is 103 Å². The average molecular weight is 917 g/mol. The molecular weight excluding hydrogens is 853 g/mol. The molecule has 6 rings (SSSR count). The molecule has 358 valence electrons. The number of nitrogens with zero attached hydrogens (tertiary/aromatic N) is 9. The van der Waals surface area contributed by atoms with Gasteiger partial charge in [0, 0.05) is 49.6 Å². The van der Waals surface area contributed by atoms with E-state index in [1.54, 1.807) is 11.0 Å². The molecule has 3 aromatic heterocycles. The second-order valence-electron chi connectivity index (χ2n) is 18.0. The van der Waals surface area contributed by atoms with Crippen LogP contribution in [0.5, 0.6) is 5.75 Å². The number of hydrogen-bond acceptors (Lipinski definition) is 15. The number of likely N-dealkylation sites (tertiary alicyclic amines) is 2. The van der Waals surface area contributed by atoms with Gasteiger partial charge in [0.1, 0.15) is 11.2 Å². The minimum atomic E-state index is -0.810. The Morgan fingerprint density at radius 2 is 1.44 bits per heavy atom. The van der Waals surface area contributed by atoms with E-state index >= 15 is 0 Å². The van der Waals surface area contributed by atoms with E-state index in [0.717, 1.165) is 97.1 Å². The van der Waals surface area contributed by atoms with Gasteiger partial charge in [-0.15, -0.1) is 0 Å². The largest absolute Gasteiger partial charge is 0.444 e. The Morgan fingerprint density at radius 1 is 0.864 bits per heavy atom. The van der Waals surface area contributed by atoms with Gasteiger partial charge in [-0.05, 0) is 155 Å². The SMILES string of the molecule is CC#N.Cc1cc(C)n2nc([C@@H]3CCCCN3C(=O)OC(C)(C)C)cc2c1.Cc1cc(C)nc(C/C(=N/O)[C@@H]2CCCCN2C(=O)OC(C)(C)C)c1.NOc1ccc([N+](=O)[O-])cc1[N+](=O)[O-]. The zero-order valence-corrected chi connectivity index (χ0v) is 39.9. The van der Waals surface area contributed by atoms with Gasteiger partial charge in [0.15, 0.2) is 0 Å². The van der Waals surface area contributed by atoms with Gasteiger partial charge in [-0.3, -0.25) is 35.0 Å². The van der Waals surface area contributed by atoms with Crippen LogP contribution in [0.1, 0.15) is 127 Å². The summed E-state index contributed by atoms with van der Waals surface area (Å²) in [5.41, 5.74) is 5.85. The highest BCUT2D eigenvalue weighted by atomic mass is 16.6. The van der Waals surface area contributed by atoms with Crippen molar-refractivity contribution in [1.82, 2.24) is 24.4 Å². The van der Waals surface area contributed by atoms with Gasteiger partial charge < -0.3 is 19.5 Å². The minimum absolute atomic E-state index is 0.00629. The monoisotopic (exact) mass is 916 g/mol. The smallest absolute Gasteiger partial charge is 0.410 e. The summed E-state index contributed by atoms with van der Waals surface area (Å²) in [5, 5.41) is 45.9. The lowest BCUT2D eigenvalue weighted by Gasteiger charge is -2.37. The van der Waals surface area contributed by atoms with Crippen LogP contribution in [0.2, 0.25) is 0 Å². The molecule has 2 atom stereocenters. The van der Waals surface area contributed by atoms with Crippen LogP contribution in [0.25, 0.3) is 5.52 Å². The zero-order valence-electron chi connectivity index (χ0n) is 39.9. The molecule has 20 heteroatoms. The van der Waals surface area contributed by atoms with Gasteiger partial charge in [-0.2, -0.15) is 16.3 Å². The van der Waals surface area contributed by atoms with Crippen LogP contribution in [0.4, 0.5) is 21.0 Å². The van der Waals surface area contributed by atoms with Crippen LogP contribution in [0.15, 0.2) is 53.7 Å². The van der Waals surface area contributed by atoms with Crippen LogP contribution in [0, 0.1) is 59.3 Å². The Kier molecular flexibility index (Phi) is 19.3. The molecule has 0 radical (unpaired) electrons. The first-order valence-corrected chi connectivity index (χ1v) is 21.6. The quantitative estimate of drug-likeness (QED) is 0.0756. The maximum absolute atomic E-state index is 12.6. The minimum Gasteiger partial charge on any atom is -0.444 e. The van der Waals surface area contributed by atoms with E-state index in [2.05, 4.69) is 47.0 Å². The first-order valence-electron chi connectivity index (χ1n) is 21.6. The average Bonchev–Trinajstić information content (AvgIpc) is 3.66. The standard InChI is InChI=1S/C19H29N3O3.C19H27N3O2.C6H5N3O5.C2H3N/c1-13-10-14(2)20-15(11-13)12-16(21-24)17-8-6-7-9-22(17)18(23)25-19(3,4)5;1-13-10-14(2)22-15(11-13)12-16(20-22)17-8-6-7-9-21(17)18(23)24-19(3,4)5;7-14-6-2-1-4(8(10)11)3-5(6)9(12)13;1-2-3/h10-11,17,24H,6-9,12H2,1-5H3;10-12,17H,6-9H2,1-5H3;1-3H,7H2;1H3/b21-16-;;;/t2*17-;;/m00../s1. The number of ether oxygens (including phenoxy) is 2. The van der Waals surface area contributed by atoms with Crippen molar-refractivity contribution in [3.63, 3.8) is 0 Å². The first-order chi connectivity index (χ1) is 30.9. The number of aryl methyl sites for hydroxylation is 4. The lowest BCUT2D eigenvalue weighted by Crippen LogP contribution is -2.50. The number of nitriles is 1. The van der Waals surface area contributed by atoms with Crippen molar-refractivity contribution in [1.29, 1.82) is 5.26 Å². The second-order valence-corrected chi connectivity index (χ2v) is 18.0. The normalized spacial score (nSPS) is 16.2. The third-order valence-electron chi connectivity index (χ3n) is 10.0. The topological polar surface area (TPSA) is 267 Å². The lowest BCUT2D eigenvalue weighted by atomic mass is 9.95. The molecule has 2 amide bonds. The molecule has 0 unspecified atom stereocenters. The molecule has 0 bridgehead atoms. The van der Waals surface area contributed by atoms with Crippen molar-refractivity contribution in [2.45, 2.75) is 144 Å². The van der Waals surface area contributed by atoms with Gasteiger partial charge in [-0.1, -0.05) is 5.16 Å². The fourth-order valence-corrected chi connectivity index (χ4v) is 7.51. The summed E-state index contributed by atoms with van der Waals surface area (Å²) in [6.45, 7) is 22.1. The highest BCUT2D eigenvalue weighted by molar-refractivity contribution is 5.93. The number of amides is 2. The number of hydrogen-bond donors (Lipinski definition) is 2. The number of fused-ring (bicyclic) bond motifs is 1. The molecule has 0 aliphatic carbocycles. The number of nitro groups is 2. The molecule has 1 aromatic carbocycles. The molecule has 20 nitrogen and oxygen atoms in total. The van der Waals surface area contributed by atoms with Gasteiger partial charge >= 0.3 is 17.9 Å². The van der Waals surface area contributed by atoms with E-state index < -0.39 is 32.4 Å². The number of piperidine rings is 2. The zero-order chi connectivity index (χ0) is 49.5. The molecule has 2 fully saturated rings. The van der Waals surface area contributed by atoms with Gasteiger partial charge in [0.2, 0.25) is 5.75 Å². The first kappa shape index (κ1) is 53.5. The maximum Gasteiger partial charge on any atom is 0.410 e. The van der Waals surface area contributed by atoms with Crippen molar-refractivity contribution in [2.75, 3.05) is 13.1 Å². The van der Waals surface area contributed by atoms with Crippen LogP contribution in [-0.2, 0) is 15.9 Å². The predicted octanol–water partition coefficient (Wildman–Crippen LogP) is 9.56. The van der Waals surface area contributed by atoms with Crippen LogP contribution >= 0.6 is 0 Å². The number of pyridine rings is 2. The van der Waals surface area contributed by atoms with Crippen LogP contribution < -0.4 is 10.7 Å². The summed E-state index contributed by atoms with van der Waals surface area (Å²) in [6, 6.07) is 14.7. The summed E-state index contributed by atoms with van der Waals surface area (Å²) >= 11 is 0. The highest BCUT2D eigenvalue weighted by Gasteiger charge is 2.35. The summed E-state index contributed by atoms with van der Waals surface area (Å²) in [5.74, 6) is 4.52. The van der Waals surface area contributed by atoms with Crippen LogP contribution in [-0.4, -0.2) is 87.7 Å². The number of carbonyl (C=O) groups is 2. The Balaban J connectivity index is 0.000000264. The third-order valence-corrected chi connectivity index (χ3v) is 10.0. The molecule has 4 aromatic rings. The third kappa shape index (κ3) is 16.0. The Morgan fingerprint density at radius 3 is 1.98 bits per heavy atom. The van der Waals surface area contributed by atoms with Crippen LogP contribution in [0.3, 0.4) is 0 Å². The van der Waals surface area contributed by atoms with Crippen molar-refractivity contribution in [3.8, 4) is 11.8 Å². The number of nitrogens with two attached hydrogens (primary N) is 1. The molecule has 3 N–H and O–H groups in total. The number of oxime groups is 1. The number of rotatable bonds is 7. The number of benzene rings is 1. The molecule has 2 saturated heterocycles. The number of aromatic nitrogens is 3. The molecule has 5 heterocycles. The van der Waals surface area contributed by atoms with E-state index in [1.807, 2.05) is 76.9 Å². The molecule has 2 aliphatic rings. The fraction of sp³-hybridized carbons (Fsp3) is 0.522. The highest BCUT2D eigenvalue weighted by Crippen LogP contribution is 2.33. The fourth-order valence-electron chi connectivity index (χ4n) is 7.51. The Labute approximate surface area is 385 Å². The number of non-ortho nitro benzene ring substituents is 1. The molecule has 2 aliphatic heterocycles. The van der Waals surface area contributed by atoms with Crippen molar-refractivity contribution < 1.29 is 39.0 Å². The maximum atomic E-state index is 12.6. The number of carbonyl (C=O) groups excluding carboxylic acids is 2. The summed E-state index contributed by atoms with van der Waals surface area (Å²) < 4.78 is 13.1. The molecule has 66 heavy (non-hydrogen) atoms. The molecule has 0 saturated carbocycles. The van der Waals surface area contributed by atoms with Gasteiger partial charge in [-0.25, -0.2) is 14.1 Å². The Hall–Kier alpha value is -6.88. The summed E-state index contributed by atoms with van der Waals surface area (Å²) in [4.78, 5) is 56.5. The van der Waals surface area contributed by atoms with E-state index in [1.165, 1.54) is 12.5 Å². The van der Waals surface area contributed by atoms with Crippen molar-refractivity contribution in [2.24, 2.45) is 11.1 Å². The molecular formula is C46H64N10O10. The summed E-state index contributed by atoms with van der Waals surface area (Å²) in [6.07, 6.45) is 5.56. The van der Waals surface area contributed by atoms with Crippen molar-refractivity contribution >= 4 is 34.8 Å². The van der Waals surface area contributed by atoms with E-state index in [0.29, 0.717) is 18.7 Å². The van der Waals surface area contributed by atoms with Gasteiger partial charge in [0.25, 0.3) is 5.69 Å². The Bertz CT molecular complexity index is 2380. The van der Waals surface area contributed by atoms with E-state index in [-0.39, 0.29) is 30.0 Å². The lowest BCUT2D eigenvalue weighted by molar-refractivity contribution is -0.394. The second kappa shape index (κ2) is 23.9. The van der Waals surface area contributed by atoms with E-state index in [4.69, 9.17) is 25.7 Å². The van der Waals surface area contributed by atoms with Gasteiger partial charge in [0.05, 0.1) is 51.0 Å². The molecule has 0 spiro atoms. The number of nitro benzene ring substituents is 2. The summed E-state index contributed by atoms with van der Waals surface area (Å²) in [7, 11) is 0. The van der Waals surface area contributed by atoms with E-state index in [9.17, 15) is 35.0 Å².